The lowest BCUT2D eigenvalue weighted by Crippen LogP contribution is -2.64. The second-order valence-corrected chi connectivity index (χ2v) is 16.9. The van der Waals surface area contributed by atoms with Crippen molar-refractivity contribution in [3.63, 3.8) is 0 Å². The first-order valence-corrected chi connectivity index (χ1v) is 24.0. The minimum atomic E-state index is -1.36. The molecular weight excluding hydrogens is 911 g/mol. The maximum Gasteiger partial charge on any atom is 0.285 e. The van der Waals surface area contributed by atoms with E-state index in [1.807, 2.05) is 47.4 Å². The smallest absolute Gasteiger partial charge is 0.285 e. The Morgan fingerprint density at radius 2 is 1.23 bits per heavy atom. The van der Waals surface area contributed by atoms with Crippen molar-refractivity contribution >= 4 is 23.4 Å². The van der Waals surface area contributed by atoms with Crippen LogP contribution in [0.5, 0.6) is 17.2 Å². The molecule has 0 bridgehead atoms. The van der Waals surface area contributed by atoms with Crippen molar-refractivity contribution in [3.8, 4) is 29.1 Å². The van der Waals surface area contributed by atoms with Crippen molar-refractivity contribution in [1.29, 1.82) is 0 Å². The van der Waals surface area contributed by atoms with Crippen molar-refractivity contribution in [1.82, 2.24) is 4.90 Å². The molecule has 3 aromatic carbocycles. The van der Waals surface area contributed by atoms with E-state index in [0.29, 0.717) is 141 Å². The summed E-state index contributed by atoms with van der Waals surface area (Å²) in [4.78, 5) is 30.8. The molecule has 378 valence electrons. The van der Waals surface area contributed by atoms with E-state index in [0.717, 1.165) is 22.4 Å². The number of anilines is 1. The van der Waals surface area contributed by atoms with Gasteiger partial charge in [-0.15, -0.1) is 0 Å². The van der Waals surface area contributed by atoms with Crippen LogP contribution in [0.15, 0.2) is 54.6 Å². The van der Waals surface area contributed by atoms with Gasteiger partial charge in [0.1, 0.15) is 37.7 Å². The van der Waals surface area contributed by atoms with E-state index >= 15 is 4.79 Å². The number of para-hydroxylation sites is 1. The first-order chi connectivity index (χ1) is 34.4. The molecule has 19 nitrogen and oxygen atoms in total. The maximum absolute atomic E-state index is 15.0. The number of hydrogen-bond donors (Lipinski definition) is 1. The molecule has 1 saturated heterocycles. The molecule has 1 aliphatic carbocycles. The first kappa shape index (κ1) is 51.0. The number of rotatable bonds is 6. The van der Waals surface area contributed by atoms with Gasteiger partial charge in [-0.05, 0) is 65.9 Å². The molecule has 1 atom stereocenters. The van der Waals surface area contributed by atoms with Gasteiger partial charge in [-0.2, -0.15) is 0 Å². The fourth-order valence-electron chi connectivity index (χ4n) is 9.43. The van der Waals surface area contributed by atoms with Gasteiger partial charge in [0, 0.05) is 30.4 Å². The lowest BCUT2D eigenvalue weighted by atomic mass is 9.70. The molecule has 1 fully saturated rings. The van der Waals surface area contributed by atoms with Gasteiger partial charge >= 0.3 is 0 Å². The molecule has 1 N–H and O–H groups in total. The summed E-state index contributed by atoms with van der Waals surface area (Å²) in [6.45, 7) is 7.15. The van der Waals surface area contributed by atoms with Gasteiger partial charge in [-0.25, -0.2) is 0 Å². The Morgan fingerprint density at radius 1 is 0.700 bits per heavy atom. The maximum atomic E-state index is 15.0. The van der Waals surface area contributed by atoms with E-state index in [1.54, 1.807) is 11.0 Å². The lowest BCUT2D eigenvalue weighted by Gasteiger charge is -2.48. The van der Waals surface area contributed by atoms with Crippen molar-refractivity contribution in [3.05, 3.63) is 92.5 Å². The molecule has 8 rings (SSSR count). The number of fused-ring (bicyclic) bond motifs is 6. The molecule has 1 amide bonds. The molecule has 70 heavy (non-hydrogen) atoms. The number of carbonyl (C=O) groups excluding carboxylic acids is 1. The predicted molar refractivity (Wildman–Crippen MR) is 254 cm³/mol. The molecule has 0 saturated carbocycles. The lowest BCUT2D eigenvalue weighted by molar-refractivity contribution is -0.385. The van der Waals surface area contributed by atoms with Crippen LogP contribution >= 0.6 is 0 Å². The van der Waals surface area contributed by atoms with Crippen LogP contribution in [-0.4, -0.2) is 185 Å². The third-order valence-corrected chi connectivity index (χ3v) is 12.7. The van der Waals surface area contributed by atoms with Crippen LogP contribution in [-0.2, 0) is 65.7 Å². The van der Waals surface area contributed by atoms with E-state index < -0.39 is 16.1 Å². The second kappa shape index (κ2) is 25.7. The zero-order valence-electron chi connectivity index (χ0n) is 39.6. The fraction of sp³-hybridized carbons (Fsp3) is 0.549. The van der Waals surface area contributed by atoms with E-state index in [4.69, 9.17) is 56.8 Å². The average Bonchev–Trinajstić information content (AvgIpc) is 3.83. The van der Waals surface area contributed by atoms with Crippen molar-refractivity contribution < 1.29 is 71.7 Å². The zero-order chi connectivity index (χ0) is 48.4. The third kappa shape index (κ3) is 12.2. The number of nitro benzene ring substituents is 1. The standard InChI is InChI=1S/C51H63N3O16/c55-13-17-59-14-3-4-41-42-9-10-51(70-46(42)8-7-44(41)54(57)58)50(36-39-34-47-48(35-40(39)37-50)69-33-31-67-29-27-65-26-28-66-30-32-68-47)43-5-1-2-6-45(43)53(51)38-49(56)52-11-15-60-18-20-62-22-24-64-25-23-63-21-19-61-16-12-52/h1-2,5-10,34-35,55H,11-33,36-38H2. The quantitative estimate of drug-likeness (QED) is 0.163. The molecule has 0 aromatic heterocycles. The van der Waals surface area contributed by atoms with Gasteiger partial charge in [-0.1, -0.05) is 30.0 Å². The molecule has 0 radical (unpaired) electrons. The monoisotopic (exact) mass is 973 g/mol. The van der Waals surface area contributed by atoms with Crippen molar-refractivity contribution in [2.45, 2.75) is 24.0 Å². The minimum absolute atomic E-state index is 0.0432. The Balaban J connectivity index is 1.16. The normalized spacial score (nSPS) is 21.7. The third-order valence-electron chi connectivity index (χ3n) is 12.7. The van der Waals surface area contributed by atoms with E-state index in [2.05, 4.69) is 17.9 Å². The predicted octanol–water partition coefficient (Wildman–Crippen LogP) is 3.36. The van der Waals surface area contributed by atoms with Crippen LogP contribution in [0, 0.1) is 22.0 Å². The summed E-state index contributed by atoms with van der Waals surface area (Å²) >= 11 is 0. The van der Waals surface area contributed by atoms with Crippen LogP contribution in [0.4, 0.5) is 11.4 Å². The Kier molecular flexibility index (Phi) is 18.7. The van der Waals surface area contributed by atoms with E-state index in [1.165, 1.54) is 6.07 Å². The van der Waals surface area contributed by atoms with E-state index in [9.17, 15) is 15.2 Å². The number of amides is 1. The molecule has 5 aliphatic rings. The highest BCUT2D eigenvalue weighted by Crippen LogP contribution is 2.61. The number of aliphatic hydroxyl groups excluding tert-OH is 1. The zero-order valence-corrected chi connectivity index (χ0v) is 39.6. The van der Waals surface area contributed by atoms with Gasteiger partial charge < -0.3 is 71.7 Å². The van der Waals surface area contributed by atoms with Crippen LogP contribution < -0.4 is 19.1 Å². The van der Waals surface area contributed by atoms with Gasteiger partial charge in [-0.3, -0.25) is 14.9 Å². The summed E-state index contributed by atoms with van der Waals surface area (Å²) in [5.41, 5.74) is 1.97. The molecule has 1 unspecified atom stereocenters. The number of ether oxygens (including phenoxy) is 12. The topological polar surface area (TPSA) is 198 Å². The first-order valence-electron chi connectivity index (χ1n) is 24.0. The van der Waals surface area contributed by atoms with Crippen LogP contribution in [0.2, 0.25) is 0 Å². The molecule has 4 heterocycles. The Bertz CT molecular complexity index is 2260. The number of nitro groups is 1. The van der Waals surface area contributed by atoms with Crippen LogP contribution in [0.1, 0.15) is 27.8 Å². The van der Waals surface area contributed by atoms with Crippen LogP contribution in [0.3, 0.4) is 0 Å². The Morgan fingerprint density at radius 3 is 1.77 bits per heavy atom. The number of nitrogens with zero attached hydrogens (tertiary/aromatic N) is 3. The van der Waals surface area contributed by atoms with Gasteiger partial charge in [0.15, 0.2) is 11.5 Å². The number of hydrogen-bond acceptors (Lipinski definition) is 17. The Labute approximate surface area is 407 Å². The van der Waals surface area contributed by atoms with Crippen molar-refractivity contribution in [2.24, 2.45) is 0 Å². The van der Waals surface area contributed by atoms with Gasteiger partial charge in [0.2, 0.25) is 11.6 Å². The van der Waals surface area contributed by atoms with Crippen molar-refractivity contribution in [2.75, 3.05) is 163 Å². The van der Waals surface area contributed by atoms with Gasteiger partial charge in [0.25, 0.3) is 5.69 Å². The number of carbonyl (C=O) groups is 1. The fourth-order valence-corrected chi connectivity index (χ4v) is 9.43. The summed E-state index contributed by atoms with van der Waals surface area (Å²) in [6.07, 6.45) is 4.71. The molecule has 2 spiro atoms. The summed E-state index contributed by atoms with van der Waals surface area (Å²) < 4.78 is 71.4. The van der Waals surface area contributed by atoms with Gasteiger partial charge in [0.05, 0.1) is 129 Å². The summed E-state index contributed by atoms with van der Waals surface area (Å²) in [6, 6.07) is 15.1. The largest absolute Gasteiger partial charge is 0.487 e. The SMILES string of the molecule is O=C(CN1c2ccccc2C2(Cc3cc4c(cc3C2)OCCOCCOCCOCCO4)C12C=Cc1c(ccc([N+](=O)[O-])c1C#CCOCCO)O2)N1CCOCCOCCOCCOCCOCC1. The summed E-state index contributed by atoms with van der Waals surface area (Å²) in [5, 5.41) is 21.7. The summed E-state index contributed by atoms with van der Waals surface area (Å²) in [5.74, 6) is 7.13. The molecule has 19 heteroatoms. The average molecular weight is 974 g/mol. The molecule has 3 aromatic rings. The Hall–Kier alpha value is -5.37. The molecular formula is C51H63N3O16. The van der Waals surface area contributed by atoms with Crippen LogP contribution in [0.25, 0.3) is 6.08 Å². The highest BCUT2D eigenvalue weighted by atomic mass is 16.6. The summed E-state index contributed by atoms with van der Waals surface area (Å²) in [7, 11) is 0. The van der Waals surface area contributed by atoms with E-state index in [-0.39, 0.29) is 70.0 Å². The second-order valence-electron chi connectivity index (χ2n) is 16.9. The minimum Gasteiger partial charge on any atom is -0.487 e. The highest BCUT2D eigenvalue weighted by molar-refractivity contribution is 5.86. The molecule has 4 aliphatic heterocycles. The highest BCUT2D eigenvalue weighted by Gasteiger charge is 2.66. The number of aliphatic hydroxyl groups is 1. The number of benzene rings is 3.